The molecule has 0 aromatic heterocycles. The number of carboxylic acids is 1. The summed E-state index contributed by atoms with van der Waals surface area (Å²) in [5.41, 5.74) is 3.76. The second-order valence-electron chi connectivity index (χ2n) is 9.53. The molecule has 0 saturated carbocycles. The van der Waals surface area contributed by atoms with Crippen LogP contribution in [0.4, 0.5) is 0 Å². The molecule has 2 aromatic rings. The molecule has 0 aliphatic carbocycles. The summed E-state index contributed by atoms with van der Waals surface area (Å²) in [6, 6.07) is 15.7. The lowest BCUT2D eigenvalue weighted by Gasteiger charge is -2.39. The maximum absolute atomic E-state index is 12.0. The summed E-state index contributed by atoms with van der Waals surface area (Å²) < 4.78 is 18.3. The van der Waals surface area contributed by atoms with Crippen LogP contribution in [-0.2, 0) is 37.0 Å². The third-order valence-corrected chi connectivity index (χ3v) is 6.72. The van der Waals surface area contributed by atoms with Crippen LogP contribution in [0.25, 0.3) is 0 Å². The number of ether oxygens (including phenoxy) is 3. The number of morpholine rings is 1. The van der Waals surface area contributed by atoms with E-state index < -0.39 is 12.3 Å². The highest BCUT2D eigenvalue weighted by atomic mass is 16.7. The topological polar surface area (TPSA) is 118 Å². The number of nitrogens with one attached hydrogen (secondary N) is 1. The van der Waals surface area contributed by atoms with E-state index in [0.717, 1.165) is 61.5 Å². The van der Waals surface area contributed by atoms with Gasteiger partial charge in [0.15, 0.2) is 6.29 Å². The Balaban J connectivity index is 1.39. The molecule has 0 bridgehead atoms. The molecule has 2 aliphatic heterocycles. The number of rotatable bonds is 11. The number of carbonyl (C=O) groups excluding carboxylic acids is 1. The first kappa shape index (κ1) is 27.2. The van der Waals surface area contributed by atoms with E-state index in [9.17, 15) is 14.7 Å². The molecule has 9 heteroatoms. The first-order chi connectivity index (χ1) is 18.0. The molecule has 2 aliphatic rings. The van der Waals surface area contributed by atoms with E-state index in [1.54, 1.807) is 0 Å². The number of nitrogens with zero attached hydrogens (tertiary/aromatic N) is 1. The molecule has 0 unspecified atom stereocenters. The fourth-order valence-electron chi connectivity index (χ4n) is 4.59. The van der Waals surface area contributed by atoms with Crippen LogP contribution < -0.4 is 5.32 Å². The Labute approximate surface area is 217 Å². The molecule has 9 nitrogen and oxygen atoms in total. The average molecular weight is 513 g/mol. The van der Waals surface area contributed by atoms with Crippen LogP contribution in [0.15, 0.2) is 48.5 Å². The maximum Gasteiger partial charge on any atom is 0.303 e. The van der Waals surface area contributed by atoms with Gasteiger partial charge in [-0.1, -0.05) is 48.5 Å². The fourth-order valence-corrected chi connectivity index (χ4v) is 4.59. The quantitative estimate of drug-likeness (QED) is 0.421. The van der Waals surface area contributed by atoms with E-state index in [0.29, 0.717) is 13.0 Å². The number of amides is 1. The van der Waals surface area contributed by atoms with E-state index >= 15 is 0 Å². The number of benzene rings is 2. The van der Waals surface area contributed by atoms with Gasteiger partial charge in [-0.15, -0.1) is 0 Å². The van der Waals surface area contributed by atoms with Crippen LogP contribution >= 0.6 is 0 Å². The van der Waals surface area contributed by atoms with Crippen LogP contribution in [0.3, 0.4) is 0 Å². The smallest absolute Gasteiger partial charge is 0.303 e. The van der Waals surface area contributed by atoms with Gasteiger partial charge in [-0.2, -0.15) is 0 Å². The van der Waals surface area contributed by atoms with Crippen LogP contribution in [0.2, 0.25) is 0 Å². The van der Waals surface area contributed by atoms with Crippen LogP contribution in [0.1, 0.15) is 60.3 Å². The van der Waals surface area contributed by atoms with Gasteiger partial charge in [-0.05, 0) is 23.1 Å². The predicted molar refractivity (Wildman–Crippen MR) is 135 cm³/mol. The van der Waals surface area contributed by atoms with E-state index in [1.165, 1.54) is 0 Å². The minimum absolute atomic E-state index is 0.00628. The van der Waals surface area contributed by atoms with Crippen molar-refractivity contribution in [2.24, 2.45) is 0 Å². The summed E-state index contributed by atoms with van der Waals surface area (Å²) in [4.78, 5) is 24.9. The Morgan fingerprint density at radius 2 is 1.59 bits per heavy atom. The summed E-state index contributed by atoms with van der Waals surface area (Å²) >= 11 is 0. The summed E-state index contributed by atoms with van der Waals surface area (Å²) in [6.07, 6.45) is 0.570. The highest BCUT2D eigenvalue weighted by molar-refractivity contribution is 5.76. The van der Waals surface area contributed by atoms with Crippen molar-refractivity contribution < 1.29 is 34.0 Å². The average Bonchev–Trinajstić information content (AvgIpc) is 2.92. The summed E-state index contributed by atoms with van der Waals surface area (Å²) in [6.45, 7) is 4.42. The van der Waals surface area contributed by atoms with Crippen LogP contribution in [0, 0.1) is 0 Å². The van der Waals surface area contributed by atoms with Crippen molar-refractivity contribution in [3.63, 3.8) is 0 Å². The molecule has 200 valence electrons. The van der Waals surface area contributed by atoms with Crippen molar-refractivity contribution in [1.82, 2.24) is 10.2 Å². The molecule has 37 heavy (non-hydrogen) atoms. The first-order valence-corrected chi connectivity index (χ1v) is 12.9. The fraction of sp³-hybridized carbons (Fsp3) is 0.500. The number of hydrogen-bond acceptors (Lipinski definition) is 7. The molecule has 2 aromatic carbocycles. The van der Waals surface area contributed by atoms with Crippen molar-refractivity contribution in [3.05, 3.63) is 70.8 Å². The zero-order valence-corrected chi connectivity index (χ0v) is 21.0. The predicted octanol–water partition coefficient (Wildman–Crippen LogP) is 2.93. The Morgan fingerprint density at radius 3 is 2.27 bits per heavy atom. The normalized spacial score (nSPS) is 22.5. The molecule has 3 atom stereocenters. The van der Waals surface area contributed by atoms with E-state index in [1.807, 2.05) is 48.5 Å². The van der Waals surface area contributed by atoms with Gasteiger partial charge in [0, 0.05) is 51.0 Å². The number of aliphatic carboxylic acids is 1. The largest absolute Gasteiger partial charge is 0.481 e. The third-order valence-electron chi connectivity index (χ3n) is 6.72. The van der Waals surface area contributed by atoms with Crippen LogP contribution in [0.5, 0.6) is 0 Å². The summed E-state index contributed by atoms with van der Waals surface area (Å²) in [5, 5.41) is 20.9. The lowest BCUT2D eigenvalue weighted by atomic mass is 9.99. The van der Waals surface area contributed by atoms with Crippen molar-refractivity contribution in [2.45, 2.75) is 57.3 Å². The lowest BCUT2D eigenvalue weighted by molar-refractivity contribution is -0.253. The molecular formula is C28H36N2O7. The highest BCUT2D eigenvalue weighted by Crippen LogP contribution is 2.38. The number of aliphatic hydroxyl groups is 1. The maximum atomic E-state index is 12.0. The number of carboxylic acid groups (broad SMARTS) is 1. The van der Waals surface area contributed by atoms with E-state index in [4.69, 9.17) is 19.3 Å². The SMILES string of the molecule is O=C(O)CCCC(=O)NCc1ccc([C@@H]2O[C@H](CN3CCOCC3)C[C@H](c3ccc(CO)cc3)O2)cc1. The number of hydrogen-bond donors (Lipinski definition) is 3. The summed E-state index contributed by atoms with van der Waals surface area (Å²) in [5.74, 6) is -1.06. The Kier molecular flexibility index (Phi) is 10.0. The zero-order chi connectivity index (χ0) is 26.0. The van der Waals surface area contributed by atoms with Gasteiger partial charge >= 0.3 is 5.97 Å². The Morgan fingerprint density at radius 1 is 0.919 bits per heavy atom. The van der Waals surface area contributed by atoms with Crippen molar-refractivity contribution in [3.8, 4) is 0 Å². The Bertz CT molecular complexity index is 1010. The van der Waals surface area contributed by atoms with Gasteiger partial charge in [-0.3, -0.25) is 14.5 Å². The molecule has 0 radical (unpaired) electrons. The summed E-state index contributed by atoms with van der Waals surface area (Å²) in [7, 11) is 0. The van der Waals surface area contributed by atoms with Gasteiger partial charge in [-0.25, -0.2) is 0 Å². The highest BCUT2D eigenvalue weighted by Gasteiger charge is 2.33. The molecule has 1 amide bonds. The second-order valence-corrected chi connectivity index (χ2v) is 9.53. The van der Waals surface area contributed by atoms with Gasteiger partial charge in [0.1, 0.15) is 0 Å². The molecule has 4 rings (SSSR count). The van der Waals surface area contributed by atoms with E-state index in [-0.39, 0.29) is 37.6 Å². The number of aliphatic hydroxyl groups excluding tert-OH is 1. The van der Waals surface area contributed by atoms with Gasteiger partial charge in [0.2, 0.25) is 5.91 Å². The lowest BCUT2D eigenvalue weighted by Crippen LogP contribution is -2.44. The van der Waals surface area contributed by atoms with Crippen molar-refractivity contribution in [1.29, 1.82) is 0 Å². The first-order valence-electron chi connectivity index (χ1n) is 12.9. The Hall–Kier alpha value is -2.82. The zero-order valence-electron chi connectivity index (χ0n) is 21.0. The van der Waals surface area contributed by atoms with Crippen LogP contribution in [-0.4, -0.2) is 65.9 Å². The molecule has 2 heterocycles. The van der Waals surface area contributed by atoms with Gasteiger partial charge < -0.3 is 29.7 Å². The van der Waals surface area contributed by atoms with Crippen molar-refractivity contribution >= 4 is 11.9 Å². The van der Waals surface area contributed by atoms with Crippen molar-refractivity contribution in [2.75, 3.05) is 32.8 Å². The van der Waals surface area contributed by atoms with Gasteiger partial charge in [0.05, 0.1) is 32.0 Å². The van der Waals surface area contributed by atoms with Gasteiger partial charge in [0.25, 0.3) is 0 Å². The minimum atomic E-state index is -0.896. The molecule has 2 saturated heterocycles. The second kappa shape index (κ2) is 13.6. The molecule has 0 spiro atoms. The molecular weight excluding hydrogens is 476 g/mol. The molecule has 3 N–H and O–H groups in total. The van der Waals surface area contributed by atoms with E-state index in [2.05, 4.69) is 10.2 Å². The standard InChI is InChI=1S/C28H36N2O7/c31-19-21-6-8-22(9-7-21)25-16-24(18-30-12-14-35-15-13-30)36-28(37-25)23-10-4-20(5-11-23)17-29-26(32)2-1-3-27(33)34/h4-11,24-25,28,31H,1-3,12-19H2,(H,29,32)(H,33,34)/t24-,25+,28+/m0/s1. The minimum Gasteiger partial charge on any atom is -0.481 e. The number of carbonyl (C=O) groups is 2. The third kappa shape index (κ3) is 8.34. The molecule has 2 fully saturated rings. The monoisotopic (exact) mass is 512 g/mol.